The summed E-state index contributed by atoms with van der Waals surface area (Å²) >= 11 is 0. The maximum Gasteiger partial charge on any atom is 0.282 e. The number of hydrogen-bond acceptors (Lipinski definition) is 6. The topological polar surface area (TPSA) is 85.9 Å². The molecule has 1 N–H and O–H groups in total. The molecule has 7 heteroatoms. The monoisotopic (exact) mass is 389 g/mol. The number of aryl methyl sites for hydroxylation is 1. The Morgan fingerprint density at radius 2 is 1.76 bits per heavy atom. The summed E-state index contributed by atoms with van der Waals surface area (Å²) in [6.07, 6.45) is 1.45. The Morgan fingerprint density at radius 1 is 1.03 bits per heavy atom. The number of hydrogen-bond donors (Lipinski definition) is 1. The number of phenolic OH excluding ortho intramolecular Hbond substituents is 1. The average molecular weight is 389 g/mol. The van der Waals surface area contributed by atoms with Gasteiger partial charge in [-0.1, -0.05) is 30.3 Å². The SMILES string of the molecule is COc1cc2nc(C)n(N=Cc3ccc4ccccc4c3O)c(=O)c2cc1OC. The minimum absolute atomic E-state index is 0.109. The van der Waals surface area contributed by atoms with Gasteiger partial charge in [-0.25, -0.2) is 4.98 Å². The summed E-state index contributed by atoms with van der Waals surface area (Å²) in [6, 6.07) is 14.4. The molecule has 0 aliphatic rings. The molecule has 0 saturated carbocycles. The summed E-state index contributed by atoms with van der Waals surface area (Å²) in [6.45, 7) is 1.69. The molecule has 7 nitrogen and oxygen atoms in total. The van der Waals surface area contributed by atoms with Crippen molar-refractivity contribution in [3.8, 4) is 17.2 Å². The van der Waals surface area contributed by atoms with E-state index < -0.39 is 0 Å². The van der Waals surface area contributed by atoms with E-state index in [1.807, 2.05) is 30.3 Å². The third kappa shape index (κ3) is 3.16. The predicted molar refractivity (Wildman–Crippen MR) is 112 cm³/mol. The van der Waals surface area contributed by atoms with Crippen LogP contribution in [-0.2, 0) is 0 Å². The molecule has 0 bridgehead atoms. The summed E-state index contributed by atoms with van der Waals surface area (Å²) in [4.78, 5) is 17.4. The lowest BCUT2D eigenvalue weighted by atomic mass is 10.1. The van der Waals surface area contributed by atoms with Gasteiger partial charge in [-0.05, 0) is 24.4 Å². The number of ether oxygens (including phenoxy) is 2. The number of benzene rings is 3. The van der Waals surface area contributed by atoms with Gasteiger partial charge in [-0.2, -0.15) is 9.78 Å². The van der Waals surface area contributed by atoms with Gasteiger partial charge in [0.15, 0.2) is 11.5 Å². The molecule has 4 rings (SSSR count). The lowest BCUT2D eigenvalue weighted by Gasteiger charge is -2.10. The first kappa shape index (κ1) is 18.5. The summed E-state index contributed by atoms with van der Waals surface area (Å²) < 4.78 is 11.8. The fourth-order valence-corrected chi connectivity index (χ4v) is 3.25. The van der Waals surface area contributed by atoms with E-state index in [0.717, 1.165) is 5.39 Å². The third-order valence-electron chi connectivity index (χ3n) is 4.76. The molecular formula is C22H19N3O4. The van der Waals surface area contributed by atoms with Gasteiger partial charge >= 0.3 is 0 Å². The van der Waals surface area contributed by atoms with Crippen molar-refractivity contribution in [2.45, 2.75) is 6.92 Å². The van der Waals surface area contributed by atoms with E-state index in [0.29, 0.717) is 39.2 Å². The average Bonchev–Trinajstić information content (AvgIpc) is 2.74. The maximum atomic E-state index is 13.0. The molecule has 0 radical (unpaired) electrons. The molecule has 0 amide bonds. The highest BCUT2D eigenvalue weighted by Crippen LogP contribution is 2.30. The van der Waals surface area contributed by atoms with E-state index in [1.54, 1.807) is 25.1 Å². The van der Waals surface area contributed by atoms with Crippen molar-refractivity contribution in [3.05, 3.63) is 70.3 Å². The Bertz CT molecular complexity index is 1330. The van der Waals surface area contributed by atoms with Crippen molar-refractivity contribution in [1.82, 2.24) is 9.66 Å². The summed E-state index contributed by atoms with van der Waals surface area (Å²) in [5.74, 6) is 1.45. The van der Waals surface area contributed by atoms with E-state index >= 15 is 0 Å². The first-order valence-corrected chi connectivity index (χ1v) is 8.94. The van der Waals surface area contributed by atoms with Gasteiger partial charge in [-0.15, -0.1) is 0 Å². The minimum atomic E-state index is -0.343. The van der Waals surface area contributed by atoms with Gasteiger partial charge in [-0.3, -0.25) is 4.79 Å². The number of methoxy groups -OCH3 is 2. The molecule has 0 spiro atoms. The zero-order valence-corrected chi connectivity index (χ0v) is 16.2. The van der Waals surface area contributed by atoms with E-state index in [-0.39, 0.29) is 11.3 Å². The van der Waals surface area contributed by atoms with Gasteiger partial charge in [0, 0.05) is 17.0 Å². The molecule has 0 fully saturated rings. The van der Waals surface area contributed by atoms with Crippen LogP contribution in [0.4, 0.5) is 0 Å². The van der Waals surface area contributed by atoms with Gasteiger partial charge in [0.25, 0.3) is 5.56 Å². The van der Waals surface area contributed by atoms with Gasteiger partial charge in [0.1, 0.15) is 11.6 Å². The highest BCUT2D eigenvalue weighted by molar-refractivity contribution is 5.97. The first-order chi connectivity index (χ1) is 14.0. The fraction of sp³-hybridized carbons (Fsp3) is 0.136. The zero-order valence-electron chi connectivity index (χ0n) is 16.2. The van der Waals surface area contributed by atoms with E-state index in [4.69, 9.17) is 9.47 Å². The van der Waals surface area contributed by atoms with Crippen LogP contribution in [0.2, 0.25) is 0 Å². The fourth-order valence-electron chi connectivity index (χ4n) is 3.25. The lowest BCUT2D eigenvalue weighted by Crippen LogP contribution is -2.20. The van der Waals surface area contributed by atoms with Crippen molar-refractivity contribution in [2.75, 3.05) is 14.2 Å². The molecule has 1 heterocycles. The van der Waals surface area contributed by atoms with E-state index in [2.05, 4.69) is 10.1 Å². The quantitative estimate of drug-likeness (QED) is 0.540. The summed E-state index contributed by atoms with van der Waals surface area (Å²) in [5, 5.41) is 16.8. The Hall–Kier alpha value is -3.87. The van der Waals surface area contributed by atoms with Crippen LogP contribution in [0, 0.1) is 6.92 Å². The Kier molecular flexibility index (Phi) is 4.64. The summed E-state index contributed by atoms with van der Waals surface area (Å²) in [5.41, 5.74) is 0.651. The Labute approximate surface area is 166 Å². The number of fused-ring (bicyclic) bond motifs is 2. The molecule has 1 aromatic heterocycles. The lowest BCUT2D eigenvalue weighted by molar-refractivity contribution is 0.355. The van der Waals surface area contributed by atoms with Crippen LogP contribution in [-0.4, -0.2) is 35.2 Å². The number of aromatic nitrogens is 2. The molecular weight excluding hydrogens is 370 g/mol. The molecule has 29 heavy (non-hydrogen) atoms. The number of phenols is 1. The van der Waals surface area contributed by atoms with Crippen LogP contribution >= 0.6 is 0 Å². The van der Waals surface area contributed by atoms with E-state index in [9.17, 15) is 9.90 Å². The normalized spacial score (nSPS) is 11.4. The van der Waals surface area contributed by atoms with Gasteiger partial charge in [0.05, 0.1) is 31.3 Å². The van der Waals surface area contributed by atoms with Crippen molar-refractivity contribution >= 4 is 27.9 Å². The van der Waals surface area contributed by atoms with Gasteiger partial charge in [0.2, 0.25) is 0 Å². The number of nitrogens with zero attached hydrogens (tertiary/aromatic N) is 3. The third-order valence-corrected chi connectivity index (χ3v) is 4.76. The maximum absolute atomic E-state index is 13.0. The minimum Gasteiger partial charge on any atom is -0.507 e. The predicted octanol–water partition coefficient (Wildman–Crippen LogP) is 3.46. The van der Waals surface area contributed by atoms with Crippen molar-refractivity contribution in [1.29, 1.82) is 0 Å². The van der Waals surface area contributed by atoms with Gasteiger partial charge < -0.3 is 14.6 Å². The van der Waals surface area contributed by atoms with Crippen LogP contribution in [0.3, 0.4) is 0 Å². The molecule has 146 valence electrons. The van der Waals surface area contributed by atoms with Crippen molar-refractivity contribution in [3.63, 3.8) is 0 Å². The molecule has 0 aliphatic heterocycles. The molecule has 3 aromatic carbocycles. The second-order valence-corrected chi connectivity index (χ2v) is 6.47. The standard InChI is InChI=1S/C22H19N3O4/c1-13-24-18-11-20(29-3)19(28-2)10-17(18)22(27)25(13)23-12-15-9-8-14-6-4-5-7-16(14)21(15)26/h4-12,26H,1-3H3. The highest BCUT2D eigenvalue weighted by Gasteiger charge is 2.13. The van der Waals surface area contributed by atoms with Crippen LogP contribution in [0.25, 0.3) is 21.7 Å². The molecule has 4 aromatic rings. The first-order valence-electron chi connectivity index (χ1n) is 8.94. The van der Waals surface area contributed by atoms with Crippen molar-refractivity contribution in [2.24, 2.45) is 5.10 Å². The van der Waals surface area contributed by atoms with Crippen LogP contribution < -0.4 is 15.0 Å². The highest BCUT2D eigenvalue weighted by atomic mass is 16.5. The second-order valence-electron chi connectivity index (χ2n) is 6.47. The molecule has 0 saturated heterocycles. The number of rotatable bonds is 4. The largest absolute Gasteiger partial charge is 0.507 e. The molecule has 0 atom stereocenters. The molecule has 0 aliphatic carbocycles. The molecule has 0 unspecified atom stereocenters. The van der Waals surface area contributed by atoms with E-state index in [1.165, 1.54) is 25.1 Å². The smallest absolute Gasteiger partial charge is 0.282 e. The second kappa shape index (κ2) is 7.27. The number of aromatic hydroxyl groups is 1. The van der Waals surface area contributed by atoms with Crippen LogP contribution in [0.5, 0.6) is 17.2 Å². The zero-order chi connectivity index (χ0) is 20.5. The Balaban J connectivity index is 1.84. The summed E-state index contributed by atoms with van der Waals surface area (Å²) in [7, 11) is 3.03. The Morgan fingerprint density at radius 3 is 2.52 bits per heavy atom. The van der Waals surface area contributed by atoms with Crippen LogP contribution in [0.1, 0.15) is 11.4 Å². The van der Waals surface area contributed by atoms with Crippen molar-refractivity contribution < 1.29 is 14.6 Å². The van der Waals surface area contributed by atoms with Crippen LogP contribution in [0.15, 0.2) is 58.4 Å².